The van der Waals surface area contributed by atoms with Crippen molar-refractivity contribution in [3.05, 3.63) is 18.2 Å². The van der Waals surface area contributed by atoms with E-state index >= 15 is 0 Å². The van der Waals surface area contributed by atoms with E-state index in [1.54, 1.807) is 18.2 Å². The van der Waals surface area contributed by atoms with E-state index in [1.165, 1.54) is 11.8 Å². The van der Waals surface area contributed by atoms with Crippen molar-refractivity contribution in [3.63, 3.8) is 0 Å². The molecule has 0 amide bonds. The number of hydrogen-bond donors (Lipinski definition) is 2. The summed E-state index contributed by atoms with van der Waals surface area (Å²) < 4.78 is 0. The van der Waals surface area contributed by atoms with Gasteiger partial charge in [0.05, 0.1) is 5.69 Å². The molecule has 1 aromatic carbocycles. The second kappa shape index (κ2) is 4.13. The number of rotatable bonds is 3. The summed E-state index contributed by atoms with van der Waals surface area (Å²) in [6.07, 6.45) is 0. The average Bonchev–Trinajstić information content (AvgIpc) is 2.05. The van der Waals surface area contributed by atoms with Gasteiger partial charge in [0.25, 0.3) is 0 Å². The topological polar surface area (TPSA) is 58.6 Å². The third kappa shape index (κ3) is 1.99. The van der Waals surface area contributed by atoms with E-state index in [4.69, 9.17) is 10.8 Å². The molecule has 0 aliphatic carbocycles. The smallest absolute Gasteiger partial charge is 0.116 e. The Bertz CT molecular complexity index is 288. The fourth-order valence-corrected chi connectivity index (χ4v) is 1.50. The molecule has 64 valence electrons. The van der Waals surface area contributed by atoms with Crippen LogP contribution in [0.5, 0.6) is 5.75 Å². The van der Waals surface area contributed by atoms with Crippen molar-refractivity contribution in [2.24, 2.45) is 10.7 Å². The molecule has 12 heavy (non-hydrogen) atoms. The van der Waals surface area contributed by atoms with Crippen LogP contribution >= 0.6 is 11.8 Å². The Labute approximate surface area is 75.3 Å². The van der Waals surface area contributed by atoms with Gasteiger partial charge >= 0.3 is 0 Å². The summed E-state index contributed by atoms with van der Waals surface area (Å²) in [5, 5.41) is 9.14. The Morgan fingerprint density at radius 3 is 2.92 bits per heavy atom. The van der Waals surface area contributed by atoms with Crippen molar-refractivity contribution in [1.82, 2.24) is 0 Å². The zero-order valence-electron chi connectivity index (χ0n) is 6.53. The molecule has 0 unspecified atom stereocenters. The summed E-state index contributed by atoms with van der Waals surface area (Å²) in [5.74, 6) is 0.685. The molecular weight excluding hydrogens is 172 g/mol. The first-order chi connectivity index (χ1) is 5.77. The Balaban J connectivity index is 3.03. The second-order valence-electron chi connectivity index (χ2n) is 2.12. The molecule has 0 aromatic heterocycles. The van der Waals surface area contributed by atoms with Crippen LogP contribution in [0.3, 0.4) is 0 Å². The van der Waals surface area contributed by atoms with Gasteiger partial charge in [-0.25, -0.2) is 0 Å². The van der Waals surface area contributed by atoms with E-state index < -0.39 is 0 Å². The second-order valence-corrected chi connectivity index (χ2v) is 3.18. The summed E-state index contributed by atoms with van der Waals surface area (Å²) in [7, 11) is 0. The molecule has 0 heterocycles. The van der Waals surface area contributed by atoms with Crippen molar-refractivity contribution in [2.75, 3.05) is 5.88 Å². The summed E-state index contributed by atoms with van der Waals surface area (Å²) >= 11 is 1.42. The maximum absolute atomic E-state index is 9.14. The van der Waals surface area contributed by atoms with Crippen molar-refractivity contribution in [2.45, 2.75) is 4.90 Å². The van der Waals surface area contributed by atoms with Crippen molar-refractivity contribution in [3.8, 4) is 5.75 Å². The maximum atomic E-state index is 9.14. The normalized spacial score (nSPS) is 9.75. The Hall–Kier alpha value is -1.00. The SMILES string of the molecule is C=Nc1ccc(O)cc1SCN. The molecule has 0 spiro atoms. The molecular formula is C8H10N2OS. The van der Waals surface area contributed by atoms with Crippen molar-refractivity contribution < 1.29 is 5.11 Å². The van der Waals surface area contributed by atoms with Gasteiger partial charge in [-0.2, -0.15) is 0 Å². The Morgan fingerprint density at radius 2 is 2.33 bits per heavy atom. The third-order valence-corrected chi connectivity index (χ3v) is 2.16. The predicted octanol–water partition coefficient (Wildman–Crippen LogP) is 1.73. The van der Waals surface area contributed by atoms with Crippen LogP contribution in [0.15, 0.2) is 28.1 Å². The molecule has 1 aromatic rings. The van der Waals surface area contributed by atoms with Gasteiger partial charge in [0.15, 0.2) is 0 Å². The molecule has 0 saturated heterocycles. The molecule has 0 saturated carbocycles. The van der Waals surface area contributed by atoms with E-state index in [-0.39, 0.29) is 5.75 Å². The van der Waals surface area contributed by atoms with Crippen LogP contribution in [0.2, 0.25) is 0 Å². The number of aromatic hydroxyl groups is 1. The first-order valence-corrected chi connectivity index (χ1v) is 4.39. The van der Waals surface area contributed by atoms with Crippen LogP contribution in [0.4, 0.5) is 5.69 Å². The Morgan fingerprint density at radius 1 is 1.58 bits per heavy atom. The largest absolute Gasteiger partial charge is 0.508 e. The molecule has 0 fully saturated rings. The number of nitrogens with zero attached hydrogens (tertiary/aromatic N) is 1. The van der Waals surface area contributed by atoms with E-state index in [1.807, 2.05) is 0 Å². The van der Waals surface area contributed by atoms with E-state index in [9.17, 15) is 0 Å². The number of phenolic OH excluding ortho intramolecular Hbond substituents is 1. The number of phenols is 1. The number of benzene rings is 1. The van der Waals surface area contributed by atoms with E-state index in [0.29, 0.717) is 5.88 Å². The highest BCUT2D eigenvalue weighted by Gasteiger charge is 2.00. The van der Waals surface area contributed by atoms with Gasteiger partial charge in [-0.1, -0.05) is 0 Å². The molecule has 0 bridgehead atoms. The minimum absolute atomic E-state index is 0.221. The van der Waals surface area contributed by atoms with E-state index in [0.717, 1.165) is 10.6 Å². The highest BCUT2D eigenvalue weighted by atomic mass is 32.2. The van der Waals surface area contributed by atoms with Crippen LogP contribution in [-0.4, -0.2) is 17.7 Å². The van der Waals surface area contributed by atoms with Crippen LogP contribution in [0.25, 0.3) is 0 Å². The molecule has 1 rings (SSSR count). The number of nitrogens with two attached hydrogens (primary N) is 1. The average molecular weight is 182 g/mol. The lowest BCUT2D eigenvalue weighted by molar-refractivity contribution is 0.474. The fourth-order valence-electron chi connectivity index (χ4n) is 0.839. The van der Waals surface area contributed by atoms with Crippen LogP contribution in [0, 0.1) is 0 Å². The van der Waals surface area contributed by atoms with Gasteiger partial charge < -0.3 is 10.8 Å². The lowest BCUT2D eigenvalue weighted by Crippen LogP contribution is -1.91. The highest BCUT2D eigenvalue weighted by molar-refractivity contribution is 7.99. The molecule has 4 heteroatoms. The molecule has 0 atom stereocenters. The van der Waals surface area contributed by atoms with Crippen LogP contribution in [-0.2, 0) is 0 Å². The zero-order valence-corrected chi connectivity index (χ0v) is 7.34. The molecule has 0 aliphatic rings. The minimum atomic E-state index is 0.221. The number of hydrogen-bond acceptors (Lipinski definition) is 4. The maximum Gasteiger partial charge on any atom is 0.116 e. The monoisotopic (exact) mass is 182 g/mol. The third-order valence-electron chi connectivity index (χ3n) is 1.35. The van der Waals surface area contributed by atoms with Crippen molar-refractivity contribution >= 4 is 24.2 Å². The zero-order chi connectivity index (χ0) is 8.97. The predicted molar refractivity (Wildman–Crippen MR) is 52.2 cm³/mol. The first-order valence-electron chi connectivity index (χ1n) is 3.40. The van der Waals surface area contributed by atoms with Gasteiger partial charge in [-0.05, 0) is 24.9 Å². The minimum Gasteiger partial charge on any atom is -0.508 e. The molecule has 3 N–H and O–H groups in total. The first kappa shape index (κ1) is 9.09. The van der Waals surface area contributed by atoms with Crippen LogP contribution < -0.4 is 5.73 Å². The summed E-state index contributed by atoms with van der Waals surface area (Å²) in [4.78, 5) is 4.65. The van der Waals surface area contributed by atoms with Gasteiger partial charge in [0, 0.05) is 10.8 Å². The van der Waals surface area contributed by atoms with Gasteiger partial charge in [0.2, 0.25) is 0 Å². The van der Waals surface area contributed by atoms with Crippen molar-refractivity contribution in [1.29, 1.82) is 0 Å². The molecule has 3 nitrogen and oxygen atoms in total. The highest BCUT2D eigenvalue weighted by Crippen LogP contribution is 2.31. The number of aliphatic imine (C=N–C) groups is 1. The lowest BCUT2D eigenvalue weighted by Gasteiger charge is -2.02. The van der Waals surface area contributed by atoms with Gasteiger partial charge in [0.1, 0.15) is 5.75 Å². The molecule has 0 aliphatic heterocycles. The Kier molecular flexibility index (Phi) is 3.13. The lowest BCUT2D eigenvalue weighted by atomic mass is 10.3. The quantitative estimate of drug-likeness (QED) is 0.425. The van der Waals surface area contributed by atoms with Gasteiger partial charge in [-0.3, -0.25) is 4.99 Å². The summed E-state index contributed by atoms with van der Waals surface area (Å²) in [5.41, 5.74) is 6.11. The van der Waals surface area contributed by atoms with Gasteiger partial charge in [-0.15, -0.1) is 11.8 Å². The van der Waals surface area contributed by atoms with Crippen LogP contribution in [0.1, 0.15) is 0 Å². The van der Waals surface area contributed by atoms with E-state index in [2.05, 4.69) is 11.7 Å². The summed E-state index contributed by atoms with van der Waals surface area (Å²) in [6, 6.07) is 4.91. The fraction of sp³-hybridized carbons (Fsp3) is 0.125. The summed E-state index contributed by atoms with van der Waals surface area (Å²) in [6.45, 7) is 3.42. The standard InChI is InChI=1S/C8H10N2OS/c1-10-7-3-2-6(11)4-8(7)12-5-9/h2-4,11H,1,5,9H2. The number of thioether (sulfide) groups is 1. The molecule has 0 radical (unpaired) electrons.